The highest BCUT2D eigenvalue weighted by molar-refractivity contribution is 8.77. The minimum absolute atomic E-state index is 0.940. The molecule has 3 heteroatoms. The largest absolute Gasteiger partial charge is 0.160 e. The van der Waals surface area contributed by atoms with Crippen molar-refractivity contribution in [2.45, 2.75) is 5.25 Å². The zero-order chi connectivity index (χ0) is 5.11. The lowest BCUT2D eigenvalue weighted by Gasteiger charge is -1.97. The van der Waals surface area contributed by atoms with Gasteiger partial charge in [-0.3, -0.25) is 0 Å². The first kappa shape index (κ1) is 6.17. The molecule has 1 saturated heterocycles. The Morgan fingerprint density at radius 1 is 1.43 bits per heavy atom. The quantitative estimate of drug-likeness (QED) is 0.528. The SMILES string of the molecule is CSC1CSSC1. The number of hydrogen-bond acceptors (Lipinski definition) is 3. The van der Waals surface area contributed by atoms with E-state index in [-0.39, 0.29) is 0 Å². The van der Waals surface area contributed by atoms with Crippen molar-refractivity contribution in [1.82, 2.24) is 0 Å². The highest BCUT2D eigenvalue weighted by Gasteiger charge is 2.13. The molecule has 0 aromatic carbocycles. The minimum atomic E-state index is 0.940. The molecule has 42 valence electrons. The summed E-state index contributed by atoms with van der Waals surface area (Å²) in [6.45, 7) is 0. The number of rotatable bonds is 1. The van der Waals surface area contributed by atoms with E-state index in [2.05, 4.69) is 6.26 Å². The van der Waals surface area contributed by atoms with Crippen LogP contribution in [-0.4, -0.2) is 23.0 Å². The highest BCUT2D eigenvalue weighted by atomic mass is 33.1. The first-order valence-corrected chi connectivity index (χ1v) is 5.98. The second-order valence-corrected chi connectivity index (χ2v) is 5.12. The van der Waals surface area contributed by atoms with Crippen LogP contribution in [0, 0.1) is 0 Å². The smallest absolute Gasteiger partial charge is 0.0242 e. The van der Waals surface area contributed by atoms with Crippen LogP contribution in [-0.2, 0) is 0 Å². The van der Waals surface area contributed by atoms with Crippen LogP contribution in [0.15, 0.2) is 0 Å². The van der Waals surface area contributed by atoms with E-state index in [1.54, 1.807) is 0 Å². The third kappa shape index (κ3) is 1.78. The van der Waals surface area contributed by atoms with Crippen molar-refractivity contribution in [3.05, 3.63) is 0 Å². The molecule has 1 rings (SSSR count). The predicted molar refractivity (Wildman–Crippen MR) is 42.2 cm³/mol. The molecule has 0 spiro atoms. The van der Waals surface area contributed by atoms with Gasteiger partial charge >= 0.3 is 0 Å². The van der Waals surface area contributed by atoms with Gasteiger partial charge in [-0.2, -0.15) is 11.8 Å². The first-order valence-electron chi connectivity index (χ1n) is 2.20. The second-order valence-electron chi connectivity index (χ2n) is 1.43. The van der Waals surface area contributed by atoms with Gasteiger partial charge in [0.05, 0.1) is 0 Å². The van der Waals surface area contributed by atoms with Crippen molar-refractivity contribution < 1.29 is 0 Å². The standard InChI is InChI=1S/C4H8S3/c1-5-4-2-6-7-3-4/h4H,2-3H2,1H3. The Labute approximate surface area is 56.6 Å². The summed E-state index contributed by atoms with van der Waals surface area (Å²) in [5.41, 5.74) is 0. The van der Waals surface area contributed by atoms with Crippen LogP contribution in [0.1, 0.15) is 0 Å². The van der Waals surface area contributed by atoms with E-state index in [0.29, 0.717) is 0 Å². The van der Waals surface area contributed by atoms with Gasteiger partial charge in [-0.25, -0.2) is 0 Å². The average molecular weight is 152 g/mol. The molecule has 1 aliphatic rings. The summed E-state index contributed by atoms with van der Waals surface area (Å²) in [7, 11) is 4.01. The maximum absolute atomic E-state index is 2.19. The molecule has 0 amide bonds. The Hall–Kier alpha value is 1.05. The lowest BCUT2D eigenvalue weighted by Crippen LogP contribution is -2.00. The first-order chi connectivity index (χ1) is 3.43. The van der Waals surface area contributed by atoms with E-state index in [9.17, 15) is 0 Å². The Bertz CT molecular complexity index is 48.9. The van der Waals surface area contributed by atoms with Gasteiger partial charge in [-0.15, -0.1) is 0 Å². The van der Waals surface area contributed by atoms with E-state index in [0.717, 1.165) is 5.25 Å². The van der Waals surface area contributed by atoms with Crippen LogP contribution >= 0.6 is 33.3 Å². The third-order valence-electron chi connectivity index (χ3n) is 0.925. The molecule has 0 atom stereocenters. The van der Waals surface area contributed by atoms with Crippen LogP contribution in [0.25, 0.3) is 0 Å². The molecule has 0 aliphatic carbocycles. The molecule has 0 N–H and O–H groups in total. The Kier molecular flexibility index (Phi) is 2.78. The van der Waals surface area contributed by atoms with Crippen molar-refractivity contribution in [1.29, 1.82) is 0 Å². The Morgan fingerprint density at radius 2 is 2.00 bits per heavy atom. The van der Waals surface area contributed by atoms with E-state index >= 15 is 0 Å². The fourth-order valence-electron chi connectivity index (χ4n) is 0.432. The summed E-state index contributed by atoms with van der Waals surface area (Å²) in [5, 5.41) is 0.940. The maximum Gasteiger partial charge on any atom is 0.0242 e. The van der Waals surface area contributed by atoms with Gasteiger partial charge in [-0.05, 0) is 6.26 Å². The van der Waals surface area contributed by atoms with Crippen LogP contribution in [0.5, 0.6) is 0 Å². The zero-order valence-electron chi connectivity index (χ0n) is 4.22. The molecule has 0 radical (unpaired) electrons. The molecule has 0 aromatic heterocycles. The number of thioether (sulfide) groups is 1. The van der Waals surface area contributed by atoms with E-state index in [1.165, 1.54) is 11.5 Å². The van der Waals surface area contributed by atoms with Gasteiger partial charge in [-0.1, -0.05) is 21.6 Å². The Balaban J connectivity index is 2.14. The Morgan fingerprint density at radius 3 is 2.29 bits per heavy atom. The molecule has 0 aromatic rings. The molecular weight excluding hydrogens is 144 g/mol. The van der Waals surface area contributed by atoms with Crippen LogP contribution in [0.3, 0.4) is 0 Å². The zero-order valence-corrected chi connectivity index (χ0v) is 6.67. The summed E-state index contributed by atoms with van der Waals surface area (Å²) in [6.07, 6.45) is 2.19. The lowest BCUT2D eigenvalue weighted by molar-refractivity contribution is 1.17. The molecule has 1 heterocycles. The van der Waals surface area contributed by atoms with Crippen molar-refractivity contribution in [3.63, 3.8) is 0 Å². The molecule has 0 nitrogen and oxygen atoms in total. The maximum atomic E-state index is 2.19. The summed E-state index contributed by atoms with van der Waals surface area (Å²) in [5.74, 6) is 2.71. The van der Waals surface area contributed by atoms with Gasteiger partial charge in [0.25, 0.3) is 0 Å². The molecule has 1 fully saturated rings. The van der Waals surface area contributed by atoms with Crippen molar-refractivity contribution >= 4 is 33.3 Å². The minimum Gasteiger partial charge on any atom is -0.160 e. The molecular formula is C4H8S3. The van der Waals surface area contributed by atoms with Crippen LogP contribution in [0.2, 0.25) is 0 Å². The molecule has 0 unspecified atom stereocenters. The summed E-state index contributed by atoms with van der Waals surface area (Å²) < 4.78 is 0. The van der Waals surface area contributed by atoms with Crippen molar-refractivity contribution in [2.24, 2.45) is 0 Å². The summed E-state index contributed by atoms with van der Waals surface area (Å²) >= 11 is 1.99. The predicted octanol–water partition coefficient (Wildman–Crippen LogP) is 2.11. The topological polar surface area (TPSA) is 0 Å². The molecule has 0 bridgehead atoms. The second kappa shape index (κ2) is 3.15. The van der Waals surface area contributed by atoms with E-state index in [1.807, 2.05) is 33.3 Å². The average Bonchev–Trinajstić information content (AvgIpc) is 2.14. The van der Waals surface area contributed by atoms with E-state index < -0.39 is 0 Å². The number of hydrogen-bond donors (Lipinski definition) is 0. The third-order valence-corrected chi connectivity index (χ3v) is 4.91. The van der Waals surface area contributed by atoms with Gasteiger partial charge in [0.2, 0.25) is 0 Å². The van der Waals surface area contributed by atoms with Gasteiger partial charge in [0.15, 0.2) is 0 Å². The summed E-state index contributed by atoms with van der Waals surface area (Å²) in [4.78, 5) is 0. The normalized spacial score (nSPS) is 23.6. The van der Waals surface area contributed by atoms with Gasteiger partial charge in [0, 0.05) is 16.8 Å². The van der Waals surface area contributed by atoms with Crippen LogP contribution in [0.4, 0.5) is 0 Å². The van der Waals surface area contributed by atoms with E-state index in [4.69, 9.17) is 0 Å². The lowest BCUT2D eigenvalue weighted by atomic mass is 10.6. The van der Waals surface area contributed by atoms with Crippen molar-refractivity contribution in [2.75, 3.05) is 17.8 Å². The molecule has 1 aliphatic heterocycles. The van der Waals surface area contributed by atoms with Crippen molar-refractivity contribution in [3.8, 4) is 0 Å². The summed E-state index contributed by atoms with van der Waals surface area (Å²) in [6, 6.07) is 0. The fraction of sp³-hybridized carbons (Fsp3) is 1.00. The monoisotopic (exact) mass is 152 g/mol. The van der Waals surface area contributed by atoms with Crippen LogP contribution < -0.4 is 0 Å². The highest BCUT2D eigenvalue weighted by Crippen LogP contribution is 2.35. The van der Waals surface area contributed by atoms with Gasteiger partial charge in [0.1, 0.15) is 0 Å². The molecule has 7 heavy (non-hydrogen) atoms. The van der Waals surface area contributed by atoms with Gasteiger partial charge < -0.3 is 0 Å². The fourth-order valence-corrected chi connectivity index (χ4v) is 4.89. The molecule has 0 saturated carbocycles.